The van der Waals surface area contributed by atoms with Gasteiger partial charge in [-0.2, -0.15) is 13.2 Å². The Balaban J connectivity index is 2.64. The van der Waals surface area contributed by atoms with Crippen LogP contribution in [0.3, 0.4) is 0 Å². The summed E-state index contributed by atoms with van der Waals surface area (Å²) in [7, 11) is -3.75. The average molecular weight is 324 g/mol. The van der Waals surface area contributed by atoms with E-state index in [1.807, 2.05) is 6.92 Å². The van der Waals surface area contributed by atoms with E-state index in [4.69, 9.17) is 5.73 Å². The summed E-state index contributed by atoms with van der Waals surface area (Å²) in [6.07, 6.45) is -4.58. The van der Waals surface area contributed by atoms with Crippen LogP contribution in [0.5, 0.6) is 0 Å². The smallest absolute Gasteiger partial charge is 0.389 e. The molecule has 4 nitrogen and oxygen atoms in total. The van der Waals surface area contributed by atoms with Crippen LogP contribution in [0.1, 0.15) is 31.7 Å². The van der Waals surface area contributed by atoms with Crippen molar-refractivity contribution in [1.82, 2.24) is 4.72 Å². The predicted molar refractivity (Wildman–Crippen MR) is 75.3 cm³/mol. The predicted octanol–water partition coefficient (Wildman–Crippen LogP) is 2.84. The lowest BCUT2D eigenvalue weighted by atomic mass is 10.1. The molecule has 0 aromatic heterocycles. The van der Waals surface area contributed by atoms with Gasteiger partial charge in [-0.05, 0) is 37.0 Å². The molecule has 0 bridgehead atoms. The maximum Gasteiger partial charge on any atom is 0.389 e. The van der Waals surface area contributed by atoms with E-state index < -0.39 is 22.6 Å². The van der Waals surface area contributed by atoms with E-state index in [0.29, 0.717) is 17.7 Å². The normalized spacial score (nSPS) is 12.6. The highest BCUT2D eigenvalue weighted by Gasteiger charge is 2.26. The molecule has 1 rings (SSSR count). The molecule has 0 aliphatic heterocycles. The molecule has 120 valence electrons. The Morgan fingerprint density at radius 3 is 2.48 bits per heavy atom. The number of nitrogens with two attached hydrogens (primary N) is 1. The van der Waals surface area contributed by atoms with Crippen molar-refractivity contribution >= 4 is 15.7 Å². The van der Waals surface area contributed by atoms with Gasteiger partial charge in [0.2, 0.25) is 10.0 Å². The first-order valence-corrected chi connectivity index (χ1v) is 8.09. The number of nitrogens with one attached hydrogen (secondary N) is 1. The molecule has 0 saturated heterocycles. The van der Waals surface area contributed by atoms with E-state index in [2.05, 4.69) is 4.72 Å². The zero-order chi connectivity index (χ0) is 16.1. The van der Waals surface area contributed by atoms with Crippen LogP contribution in [0.15, 0.2) is 23.1 Å². The monoisotopic (exact) mass is 324 g/mol. The highest BCUT2D eigenvalue weighted by molar-refractivity contribution is 7.89. The fourth-order valence-electron chi connectivity index (χ4n) is 1.85. The first-order chi connectivity index (χ1) is 9.65. The summed E-state index contributed by atoms with van der Waals surface area (Å²) in [6, 6.07) is 4.60. The summed E-state index contributed by atoms with van der Waals surface area (Å²) in [6.45, 7) is 1.78. The Morgan fingerprint density at radius 1 is 1.24 bits per heavy atom. The highest BCUT2D eigenvalue weighted by atomic mass is 32.2. The molecule has 0 amide bonds. The second-order valence-electron chi connectivity index (χ2n) is 4.69. The molecule has 0 unspecified atom stereocenters. The van der Waals surface area contributed by atoms with Crippen molar-refractivity contribution in [2.75, 3.05) is 12.3 Å². The van der Waals surface area contributed by atoms with Crippen molar-refractivity contribution in [3.05, 3.63) is 23.8 Å². The Labute approximate surface area is 122 Å². The molecule has 0 radical (unpaired) electrons. The first kappa shape index (κ1) is 17.8. The van der Waals surface area contributed by atoms with Gasteiger partial charge < -0.3 is 5.73 Å². The molecule has 3 N–H and O–H groups in total. The summed E-state index contributed by atoms with van der Waals surface area (Å²) in [5.41, 5.74) is 6.53. The van der Waals surface area contributed by atoms with Crippen LogP contribution >= 0.6 is 0 Å². The van der Waals surface area contributed by atoms with Crippen LogP contribution in [0.25, 0.3) is 0 Å². The summed E-state index contributed by atoms with van der Waals surface area (Å²) in [5.74, 6) is 0. The lowest BCUT2D eigenvalue weighted by molar-refractivity contribution is -0.135. The second kappa shape index (κ2) is 7.13. The number of anilines is 1. The fraction of sp³-hybridized carbons (Fsp3) is 0.538. The summed E-state index contributed by atoms with van der Waals surface area (Å²) >= 11 is 0. The SMILES string of the molecule is CCc1ccc(N)cc1S(=O)(=O)NCCCCC(F)(F)F. The molecule has 0 heterocycles. The number of hydrogen-bond donors (Lipinski definition) is 2. The van der Waals surface area contributed by atoms with E-state index >= 15 is 0 Å². The zero-order valence-electron chi connectivity index (χ0n) is 11.7. The van der Waals surface area contributed by atoms with E-state index in [0.717, 1.165) is 0 Å². The molecule has 0 fully saturated rings. The Morgan fingerprint density at radius 2 is 1.90 bits per heavy atom. The molecule has 1 aromatic rings. The largest absolute Gasteiger partial charge is 0.399 e. The third kappa shape index (κ3) is 5.92. The van der Waals surface area contributed by atoms with E-state index in [1.54, 1.807) is 12.1 Å². The van der Waals surface area contributed by atoms with Crippen molar-refractivity contribution in [2.45, 2.75) is 43.7 Å². The second-order valence-corrected chi connectivity index (χ2v) is 6.43. The molecule has 0 atom stereocenters. The molecule has 8 heteroatoms. The van der Waals surface area contributed by atoms with E-state index in [9.17, 15) is 21.6 Å². The van der Waals surface area contributed by atoms with Gasteiger partial charge in [-0.3, -0.25) is 0 Å². The number of unbranched alkanes of at least 4 members (excludes halogenated alkanes) is 1. The highest BCUT2D eigenvalue weighted by Crippen LogP contribution is 2.22. The van der Waals surface area contributed by atoms with Gasteiger partial charge in [-0.25, -0.2) is 13.1 Å². The third-order valence-electron chi connectivity index (χ3n) is 2.94. The number of aryl methyl sites for hydroxylation is 1. The third-order valence-corrected chi connectivity index (χ3v) is 4.48. The molecule has 0 aliphatic carbocycles. The number of benzene rings is 1. The van der Waals surface area contributed by atoms with Gasteiger partial charge in [-0.1, -0.05) is 13.0 Å². The summed E-state index contributed by atoms with van der Waals surface area (Å²) < 4.78 is 62.5. The standard InChI is InChI=1S/C13H19F3N2O2S/c1-2-10-5-6-11(17)9-12(10)21(19,20)18-8-4-3-7-13(14,15)16/h5-6,9,18H,2-4,7-8,17H2,1H3. The maximum absolute atomic E-state index is 12.1. The van der Waals surface area contributed by atoms with Gasteiger partial charge in [0, 0.05) is 18.7 Å². The average Bonchev–Trinajstić information content (AvgIpc) is 2.36. The molecular weight excluding hydrogens is 305 g/mol. The van der Waals surface area contributed by atoms with Gasteiger partial charge in [-0.15, -0.1) is 0 Å². The van der Waals surface area contributed by atoms with Gasteiger partial charge in [0.05, 0.1) is 4.90 Å². The van der Waals surface area contributed by atoms with E-state index in [-0.39, 0.29) is 24.3 Å². The van der Waals surface area contributed by atoms with Crippen LogP contribution in [0.4, 0.5) is 18.9 Å². The van der Waals surface area contributed by atoms with Crippen molar-refractivity contribution in [1.29, 1.82) is 0 Å². The number of nitrogen functional groups attached to an aromatic ring is 1. The number of rotatable bonds is 7. The Hall–Kier alpha value is -1.28. The fourth-order valence-corrected chi connectivity index (χ4v) is 3.27. The topological polar surface area (TPSA) is 72.2 Å². The number of alkyl halides is 3. The van der Waals surface area contributed by atoms with Crippen molar-refractivity contribution in [2.24, 2.45) is 0 Å². The zero-order valence-corrected chi connectivity index (χ0v) is 12.5. The summed E-state index contributed by atoms with van der Waals surface area (Å²) in [4.78, 5) is 0.0841. The molecular formula is C13H19F3N2O2S. The lowest BCUT2D eigenvalue weighted by Crippen LogP contribution is -2.26. The quantitative estimate of drug-likeness (QED) is 0.598. The van der Waals surface area contributed by atoms with Crippen molar-refractivity contribution < 1.29 is 21.6 Å². The molecule has 0 saturated carbocycles. The molecule has 1 aromatic carbocycles. The molecule has 0 spiro atoms. The molecule has 21 heavy (non-hydrogen) atoms. The first-order valence-electron chi connectivity index (χ1n) is 6.60. The van der Waals surface area contributed by atoms with Crippen molar-refractivity contribution in [3.63, 3.8) is 0 Å². The molecule has 0 aliphatic rings. The van der Waals surface area contributed by atoms with Crippen LogP contribution in [-0.2, 0) is 16.4 Å². The van der Waals surface area contributed by atoms with Gasteiger partial charge in [0.25, 0.3) is 0 Å². The maximum atomic E-state index is 12.1. The number of halogens is 3. The van der Waals surface area contributed by atoms with Gasteiger partial charge in [0.15, 0.2) is 0 Å². The van der Waals surface area contributed by atoms with Crippen LogP contribution < -0.4 is 10.5 Å². The Bertz CT molecular complexity index is 571. The minimum Gasteiger partial charge on any atom is -0.399 e. The minimum atomic E-state index is -4.21. The number of hydrogen-bond acceptors (Lipinski definition) is 3. The Kier molecular flexibility index (Phi) is 6.03. The summed E-state index contributed by atoms with van der Waals surface area (Å²) in [5, 5.41) is 0. The minimum absolute atomic E-state index is 0.0314. The van der Waals surface area contributed by atoms with Crippen LogP contribution in [-0.4, -0.2) is 21.1 Å². The van der Waals surface area contributed by atoms with Crippen molar-refractivity contribution in [3.8, 4) is 0 Å². The van der Waals surface area contributed by atoms with Gasteiger partial charge in [0.1, 0.15) is 0 Å². The van der Waals surface area contributed by atoms with E-state index in [1.165, 1.54) is 6.07 Å². The lowest BCUT2D eigenvalue weighted by Gasteiger charge is -2.11. The van der Waals surface area contributed by atoms with Crippen LogP contribution in [0, 0.1) is 0 Å². The number of sulfonamides is 1. The van der Waals surface area contributed by atoms with Crippen LogP contribution in [0.2, 0.25) is 0 Å². The van der Waals surface area contributed by atoms with Gasteiger partial charge >= 0.3 is 6.18 Å².